The third kappa shape index (κ3) is 5.52. The number of morpholine rings is 1. The lowest BCUT2D eigenvalue weighted by Gasteiger charge is -2.48. The molecular weight excluding hydrogens is 540 g/mol. The van der Waals surface area contributed by atoms with E-state index in [1.807, 2.05) is 6.92 Å². The average molecular weight is 581 g/mol. The SMILES string of the molecule is Cc1cc(S(=O)(=O)N2CCC3(CC2)CN(C(C)C)CCO3)ccc1Nc1ncc2ccc(=O)n(C3CCCC3)c2n1. The lowest BCUT2D eigenvalue weighted by molar-refractivity contribution is -0.135. The van der Waals surface area contributed by atoms with Crippen LogP contribution >= 0.6 is 0 Å². The normalized spacial score (nSPS) is 20.8. The fourth-order valence-corrected chi connectivity index (χ4v) is 8.10. The molecule has 0 atom stereocenters. The molecule has 6 rings (SSSR count). The van der Waals surface area contributed by atoms with Crippen LogP contribution in [0.3, 0.4) is 0 Å². The molecule has 41 heavy (non-hydrogen) atoms. The summed E-state index contributed by atoms with van der Waals surface area (Å²) in [5, 5.41) is 4.06. The number of rotatable bonds is 6. The van der Waals surface area contributed by atoms with Gasteiger partial charge < -0.3 is 10.1 Å². The molecule has 1 saturated carbocycles. The molecule has 1 aliphatic carbocycles. The van der Waals surface area contributed by atoms with E-state index >= 15 is 0 Å². The number of ether oxygens (including phenoxy) is 1. The van der Waals surface area contributed by atoms with E-state index < -0.39 is 10.0 Å². The summed E-state index contributed by atoms with van der Waals surface area (Å²) < 4.78 is 36.8. The molecule has 11 heteroatoms. The van der Waals surface area contributed by atoms with Crippen LogP contribution in [-0.4, -0.2) is 76.6 Å². The summed E-state index contributed by atoms with van der Waals surface area (Å²) in [6.07, 6.45) is 7.29. The summed E-state index contributed by atoms with van der Waals surface area (Å²) in [5.41, 5.74) is 1.81. The van der Waals surface area contributed by atoms with Crippen molar-refractivity contribution >= 4 is 32.7 Å². The first kappa shape index (κ1) is 28.3. The smallest absolute Gasteiger partial charge is 0.252 e. The van der Waals surface area contributed by atoms with E-state index in [9.17, 15) is 13.2 Å². The Kier molecular flexibility index (Phi) is 7.65. The van der Waals surface area contributed by atoms with Crippen LogP contribution in [0.15, 0.2) is 46.2 Å². The van der Waals surface area contributed by atoms with Crippen molar-refractivity contribution < 1.29 is 13.2 Å². The predicted molar refractivity (Wildman–Crippen MR) is 159 cm³/mol. The number of sulfonamides is 1. The molecule has 220 valence electrons. The number of fused-ring (bicyclic) bond motifs is 1. The van der Waals surface area contributed by atoms with E-state index in [0.29, 0.717) is 50.2 Å². The maximum atomic E-state index is 13.6. The maximum absolute atomic E-state index is 13.6. The van der Waals surface area contributed by atoms with Crippen LogP contribution in [0.5, 0.6) is 0 Å². The number of anilines is 2. The number of nitrogens with one attached hydrogen (secondary N) is 1. The van der Waals surface area contributed by atoms with Crippen molar-refractivity contribution in [1.29, 1.82) is 0 Å². The van der Waals surface area contributed by atoms with Gasteiger partial charge in [-0.25, -0.2) is 13.4 Å². The Hall–Kier alpha value is -2.86. The number of aromatic nitrogens is 3. The summed E-state index contributed by atoms with van der Waals surface area (Å²) in [6.45, 7) is 9.62. The van der Waals surface area contributed by atoms with Gasteiger partial charge in [0, 0.05) is 61.6 Å². The van der Waals surface area contributed by atoms with Gasteiger partial charge in [0.05, 0.1) is 17.1 Å². The standard InChI is InChI=1S/C30H40N6O4S/c1-21(2)34-16-17-40-30(20-34)12-14-35(15-13-30)41(38,39)25-9-10-26(22(3)18-25)32-29-31-19-23-8-11-27(37)36(28(23)33-29)24-6-4-5-7-24/h8-11,18-19,21,24H,4-7,12-17,20H2,1-3H3,(H,31,32,33). The molecule has 2 aromatic heterocycles. The Bertz CT molecular complexity index is 1590. The van der Waals surface area contributed by atoms with E-state index in [2.05, 4.69) is 29.0 Å². The van der Waals surface area contributed by atoms with Gasteiger partial charge in [-0.15, -0.1) is 0 Å². The van der Waals surface area contributed by atoms with Gasteiger partial charge in [0.25, 0.3) is 5.56 Å². The number of benzene rings is 1. The minimum Gasteiger partial charge on any atom is -0.372 e. The molecule has 4 heterocycles. The van der Waals surface area contributed by atoms with Crippen molar-refractivity contribution in [1.82, 2.24) is 23.7 Å². The zero-order valence-corrected chi connectivity index (χ0v) is 25.0. The molecule has 3 aromatic rings. The quantitative estimate of drug-likeness (QED) is 0.462. The first-order valence-electron chi connectivity index (χ1n) is 14.8. The number of pyridine rings is 1. The summed E-state index contributed by atoms with van der Waals surface area (Å²) in [7, 11) is -3.64. The lowest BCUT2D eigenvalue weighted by atomic mass is 9.90. The van der Waals surface area contributed by atoms with Gasteiger partial charge in [-0.3, -0.25) is 14.3 Å². The van der Waals surface area contributed by atoms with E-state index in [0.717, 1.165) is 55.4 Å². The van der Waals surface area contributed by atoms with Crippen LogP contribution in [0.25, 0.3) is 11.0 Å². The summed E-state index contributed by atoms with van der Waals surface area (Å²) in [5.74, 6) is 0.373. The van der Waals surface area contributed by atoms with Crippen LogP contribution in [0.1, 0.15) is 64.0 Å². The zero-order valence-electron chi connectivity index (χ0n) is 24.2. The maximum Gasteiger partial charge on any atom is 0.252 e. The number of piperidine rings is 1. The Balaban J connectivity index is 1.18. The molecule has 2 aliphatic heterocycles. The van der Waals surface area contributed by atoms with Gasteiger partial charge in [0.1, 0.15) is 5.65 Å². The summed E-state index contributed by atoms with van der Waals surface area (Å²) in [6, 6.07) is 9.07. The van der Waals surface area contributed by atoms with E-state index in [1.165, 1.54) is 0 Å². The molecule has 0 bridgehead atoms. The highest BCUT2D eigenvalue weighted by molar-refractivity contribution is 7.89. The molecule has 0 unspecified atom stereocenters. The monoisotopic (exact) mass is 580 g/mol. The van der Waals surface area contributed by atoms with Crippen LogP contribution in [-0.2, 0) is 14.8 Å². The fraction of sp³-hybridized carbons (Fsp3) is 0.567. The molecule has 0 radical (unpaired) electrons. The van der Waals surface area contributed by atoms with Crippen molar-refractivity contribution in [2.75, 3.05) is 38.1 Å². The van der Waals surface area contributed by atoms with E-state index in [1.54, 1.807) is 45.4 Å². The average Bonchev–Trinajstić information content (AvgIpc) is 3.49. The second-order valence-electron chi connectivity index (χ2n) is 12.1. The van der Waals surface area contributed by atoms with Crippen LogP contribution in [0.4, 0.5) is 11.6 Å². The van der Waals surface area contributed by atoms with Gasteiger partial charge >= 0.3 is 0 Å². The minimum absolute atomic E-state index is 0.0456. The predicted octanol–water partition coefficient (Wildman–Crippen LogP) is 4.22. The molecule has 2 saturated heterocycles. The van der Waals surface area contributed by atoms with Crippen molar-refractivity contribution in [3.8, 4) is 0 Å². The van der Waals surface area contributed by atoms with Crippen molar-refractivity contribution in [3.63, 3.8) is 0 Å². The third-order valence-corrected chi connectivity index (χ3v) is 11.0. The molecule has 3 aliphatic rings. The summed E-state index contributed by atoms with van der Waals surface area (Å²) >= 11 is 0. The number of aryl methyl sites for hydroxylation is 1. The first-order chi connectivity index (χ1) is 19.6. The van der Waals surface area contributed by atoms with E-state index in [-0.39, 0.29) is 22.1 Å². The molecule has 0 amide bonds. The third-order valence-electron chi connectivity index (χ3n) is 9.08. The van der Waals surface area contributed by atoms with Gasteiger partial charge in [-0.05, 0) is 76.3 Å². The van der Waals surface area contributed by atoms with Gasteiger partial charge in [-0.2, -0.15) is 9.29 Å². The number of nitrogens with zero attached hydrogens (tertiary/aromatic N) is 5. The Morgan fingerprint density at radius 2 is 1.83 bits per heavy atom. The first-order valence-corrected chi connectivity index (χ1v) is 16.2. The zero-order chi connectivity index (χ0) is 28.8. The highest BCUT2D eigenvalue weighted by Gasteiger charge is 2.42. The van der Waals surface area contributed by atoms with Gasteiger partial charge in [0.2, 0.25) is 16.0 Å². The van der Waals surface area contributed by atoms with Crippen molar-refractivity contribution in [2.45, 2.75) is 81.9 Å². The van der Waals surface area contributed by atoms with Crippen LogP contribution in [0, 0.1) is 6.92 Å². The molecule has 3 fully saturated rings. The molecule has 1 aromatic carbocycles. The van der Waals surface area contributed by atoms with Crippen LogP contribution in [0.2, 0.25) is 0 Å². The van der Waals surface area contributed by atoms with Crippen molar-refractivity contribution in [3.05, 3.63) is 52.4 Å². The highest BCUT2D eigenvalue weighted by Crippen LogP contribution is 2.34. The largest absolute Gasteiger partial charge is 0.372 e. The fourth-order valence-electron chi connectivity index (χ4n) is 6.57. The number of hydrogen-bond donors (Lipinski definition) is 1. The van der Waals surface area contributed by atoms with E-state index in [4.69, 9.17) is 9.72 Å². The topological polar surface area (TPSA) is 110 Å². The Morgan fingerprint density at radius 1 is 1.07 bits per heavy atom. The Labute approximate surface area is 241 Å². The number of hydrogen-bond acceptors (Lipinski definition) is 8. The molecular formula is C30H40N6O4S. The second-order valence-corrected chi connectivity index (χ2v) is 14.0. The lowest BCUT2D eigenvalue weighted by Crippen LogP contribution is -2.58. The van der Waals surface area contributed by atoms with Crippen molar-refractivity contribution in [2.24, 2.45) is 0 Å². The molecule has 1 spiro atoms. The van der Waals surface area contributed by atoms with Gasteiger partial charge in [-0.1, -0.05) is 12.8 Å². The molecule has 10 nitrogen and oxygen atoms in total. The second kappa shape index (κ2) is 11.1. The van der Waals surface area contributed by atoms with Gasteiger partial charge in [0.15, 0.2) is 0 Å². The van der Waals surface area contributed by atoms with Crippen LogP contribution < -0.4 is 10.9 Å². The summed E-state index contributed by atoms with van der Waals surface area (Å²) in [4.78, 5) is 24.6. The molecule has 1 N–H and O–H groups in total. The minimum atomic E-state index is -3.64. The highest BCUT2D eigenvalue weighted by atomic mass is 32.2. The Morgan fingerprint density at radius 3 is 2.54 bits per heavy atom.